The highest BCUT2D eigenvalue weighted by molar-refractivity contribution is 6.76. The standard InChI is InChI=1S/C26H36N4O2Si/c1-6-22-20(2)29(19-32-17-18-33(3,4)5)25-24(28-15-11-8-12-16-28)23(27-30(25)26(22)31)21-13-9-7-10-14-21/h6-7,9-10,13-14H,1,8,11-12,15-19H2,2-5H3. The summed E-state index contributed by atoms with van der Waals surface area (Å²) in [6.07, 6.45) is 5.17. The lowest BCUT2D eigenvalue weighted by Gasteiger charge is -2.29. The van der Waals surface area contributed by atoms with Crippen LogP contribution < -0.4 is 10.5 Å². The molecule has 7 heteroatoms. The minimum atomic E-state index is -1.19. The Morgan fingerprint density at radius 1 is 1.12 bits per heavy atom. The quantitative estimate of drug-likeness (QED) is 0.330. The zero-order chi connectivity index (χ0) is 23.6. The normalized spacial score (nSPS) is 14.7. The van der Waals surface area contributed by atoms with Crippen LogP contribution in [0.1, 0.15) is 30.5 Å². The molecule has 1 aliphatic heterocycles. The van der Waals surface area contributed by atoms with Gasteiger partial charge in [-0.2, -0.15) is 9.61 Å². The van der Waals surface area contributed by atoms with Gasteiger partial charge in [-0.05, 0) is 32.2 Å². The van der Waals surface area contributed by atoms with Gasteiger partial charge < -0.3 is 14.2 Å². The van der Waals surface area contributed by atoms with E-state index in [0.717, 1.165) is 66.9 Å². The van der Waals surface area contributed by atoms with Crippen molar-refractivity contribution < 1.29 is 4.74 Å². The highest BCUT2D eigenvalue weighted by Crippen LogP contribution is 2.36. The van der Waals surface area contributed by atoms with E-state index in [4.69, 9.17) is 9.84 Å². The molecule has 0 spiro atoms. The maximum atomic E-state index is 13.4. The van der Waals surface area contributed by atoms with E-state index in [1.165, 1.54) is 6.42 Å². The molecular weight excluding hydrogens is 428 g/mol. The van der Waals surface area contributed by atoms with Crippen molar-refractivity contribution in [3.8, 4) is 11.3 Å². The van der Waals surface area contributed by atoms with Crippen LogP contribution in [0.4, 0.5) is 5.69 Å². The van der Waals surface area contributed by atoms with Gasteiger partial charge in [-0.25, -0.2) is 0 Å². The molecule has 1 aromatic carbocycles. The van der Waals surface area contributed by atoms with Crippen LogP contribution in [0.2, 0.25) is 25.7 Å². The van der Waals surface area contributed by atoms with Crippen LogP contribution in [0, 0.1) is 6.92 Å². The van der Waals surface area contributed by atoms with Crippen LogP contribution in [0.15, 0.2) is 41.7 Å². The summed E-state index contributed by atoms with van der Waals surface area (Å²) >= 11 is 0. The SMILES string of the molecule is C=Cc1c(C)n(COCC[Si](C)(C)C)c2c(N3CCCCC3)c(-c3ccccc3)nn2c1=O. The van der Waals surface area contributed by atoms with Crippen molar-refractivity contribution in [3.63, 3.8) is 0 Å². The number of rotatable bonds is 8. The number of aromatic nitrogens is 3. The minimum absolute atomic E-state index is 0.128. The van der Waals surface area contributed by atoms with Gasteiger partial charge in [0.2, 0.25) is 0 Å². The van der Waals surface area contributed by atoms with E-state index in [0.29, 0.717) is 12.3 Å². The van der Waals surface area contributed by atoms with Gasteiger partial charge in [0, 0.05) is 39.0 Å². The highest BCUT2D eigenvalue weighted by Gasteiger charge is 2.27. The van der Waals surface area contributed by atoms with E-state index >= 15 is 0 Å². The monoisotopic (exact) mass is 464 g/mol. The molecule has 3 aromatic rings. The fraction of sp³-hybridized carbons (Fsp3) is 0.462. The predicted octanol–water partition coefficient (Wildman–Crippen LogP) is 5.42. The Labute approximate surface area is 197 Å². The van der Waals surface area contributed by atoms with E-state index < -0.39 is 8.07 Å². The summed E-state index contributed by atoms with van der Waals surface area (Å²) in [4.78, 5) is 15.8. The van der Waals surface area contributed by atoms with Gasteiger partial charge in [0.15, 0.2) is 5.65 Å². The smallest absolute Gasteiger partial charge is 0.281 e. The summed E-state index contributed by atoms with van der Waals surface area (Å²) in [7, 11) is -1.19. The largest absolute Gasteiger partial charge is 0.367 e. The van der Waals surface area contributed by atoms with Crippen molar-refractivity contribution in [1.29, 1.82) is 0 Å². The Balaban J connectivity index is 1.92. The molecule has 0 N–H and O–H groups in total. The Bertz CT molecular complexity index is 1190. The van der Waals surface area contributed by atoms with Crippen molar-refractivity contribution in [1.82, 2.24) is 14.2 Å². The van der Waals surface area contributed by atoms with Crippen LogP contribution in [0.25, 0.3) is 23.0 Å². The first kappa shape index (κ1) is 23.5. The van der Waals surface area contributed by atoms with E-state index in [-0.39, 0.29) is 5.56 Å². The molecule has 0 bridgehead atoms. The molecule has 1 aliphatic rings. The number of hydrogen-bond donors (Lipinski definition) is 0. The van der Waals surface area contributed by atoms with Crippen LogP contribution in [-0.2, 0) is 11.5 Å². The average molecular weight is 465 g/mol. The van der Waals surface area contributed by atoms with E-state index in [1.807, 2.05) is 25.1 Å². The first-order valence-electron chi connectivity index (χ1n) is 12.0. The van der Waals surface area contributed by atoms with Gasteiger partial charge in [0.1, 0.15) is 18.1 Å². The van der Waals surface area contributed by atoms with E-state index in [1.54, 1.807) is 10.6 Å². The number of piperidine rings is 1. The van der Waals surface area contributed by atoms with Crippen LogP contribution in [0.5, 0.6) is 0 Å². The molecule has 0 amide bonds. The number of anilines is 1. The van der Waals surface area contributed by atoms with Crippen LogP contribution in [-0.4, -0.2) is 42.0 Å². The van der Waals surface area contributed by atoms with Gasteiger partial charge in [-0.3, -0.25) is 4.79 Å². The number of ether oxygens (including phenoxy) is 1. The first-order valence-corrected chi connectivity index (χ1v) is 15.7. The molecule has 0 unspecified atom stereocenters. The van der Waals surface area contributed by atoms with Crippen LogP contribution in [0.3, 0.4) is 0 Å². The Morgan fingerprint density at radius 3 is 2.45 bits per heavy atom. The molecule has 4 rings (SSSR count). The first-order chi connectivity index (χ1) is 15.8. The van der Waals surface area contributed by atoms with Crippen molar-refractivity contribution in [3.05, 3.63) is 58.5 Å². The van der Waals surface area contributed by atoms with Gasteiger partial charge in [-0.15, -0.1) is 0 Å². The molecule has 0 aliphatic carbocycles. The number of fused-ring (bicyclic) bond motifs is 1. The zero-order valence-corrected chi connectivity index (χ0v) is 21.4. The number of hydrogen-bond acceptors (Lipinski definition) is 4. The van der Waals surface area contributed by atoms with E-state index in [9.17, 15) is 4.79 Å². The lowest BCUT2D eigenvalue weighted by atomic mass is 10.1. The van der Waals surface area contributed by atoms with Gasteiger partial charge in [-0.1, -0.05) is 62.6 Å². The molecule has 3 heterocycles. The molecule has 6 nitrogen and oxygen atoms in total. The maximum absolute atomic E-state index is 13.4. The summed E-state index contributed by atoms with van der Waals surface area (Å²) in [5.41, 5.74) is 5.03. The van der Waals surface area contributed by atoms with Gasteiger partial charge in [0.25, 0.3) is 5.56 Å². The predicted molar refractivity (Wildman–Crippen MR) is 140 cm³/mol. The van der Waals surface area contributed by atoms with Gasteiger partial charge in [0.05, 0.1) is 5.56 Å². The molecule has 33 heavy (non-hydrogen) atoms. The molecule has 2 aromatic heterocycles. The minimum Gasteiger partial charge on any atom is -0.367 e. The fourth-order valence-corrected chi connectivity index (χ4v) is 5.24. The molecular formula is C26H36N4O2Si. The molecule has 1 saturated heterocycles. The third-order valence-corrected chi connectivity index (χ3v) is 8.15. The molecule has 1 fully saturated rings. The summed E-state index contributed by atoms with van der Waals surface area (Å²) in [5, 5.41) is 4.88. The molecule has 0 radical (unpaired) electrons. The lowest BCUT2D eigenvalue weighted by molar-refractivity contribution is 0.0876. The zero-order valence-electron chi connectivity index (χ0n) is 20.4. The Kier molecular flexibility index (Phi) is 6.90. The van der Waals surface area contributed by atoms with Crippen molar-refractivity contribution in [2.75, 3.05) is 24.6 Å². The lowest BCUT2D eigenvalue weighted by Crippen LogP contribution is -2.31. The maximum Gasteiger partial charge on any atom is 0.281 e. The van der Waals surface area contributed by atoms with Crippen molar-refractivity contribution in [2.45, 2.75) is 58.6 Å². The topological polar surface area (TPSA) is 51.8 Å². The summed E-state index contributed by atoms with van der Waals surface area (Å²) in [6.45, 7) is 16.0. The van der Waals surface area contributed by atoms with Gasteiger partial charge >= 0.3 is 0 Å². The Morgan fingerprint density at radius 2 is 1.82 bits per heavy atom. The van der Waals surface area contributed by atoms with Crippen molar-refractivity contribution in [2.24, 2.45) is 0 Å². The number of nitrogens with zero attached hydrogens (tertiary/aromatic N) is 4. The highest BCUT2D eigenvalue weighted by atomic mass is 28.3. The second kappa shape index (κ2) is 9.69. The average Bonchev–Trinajstić information content (AvgIpc) is 3.20. The van der Waals surface area contributed by atoms with Crippen LogP contribution >= 0.6 is 0 Å². The second-order valence-corrected chi connectivity index (χ2v) is 15.8. The van der Waals surface area contributed by atoms with E-state index in [2.05, 4.69) is 47.8 Å². The third-order valence-electron chi connectivity index (χ3n) is 6.45. The molecule has 0 atom stereocenters. The summed E-state index contributed by atoms with van der Waals surface area (Å²) in [5.74, 6) is 0. The molecule has 176 valence electrons. The molecule has 0 saturated carbocycles. The fourth-order valence-electron chi connectivity index (χ4n) is 4.48. The number of benzene rings is 1. The van der Waals surface area contributed by atoms with Crippen molar-refractivity contribution >= 4 is 25.5 Å². The summed E-state index contributed by atoms with van der Waals surface area (Å²) < 4.78 is 9.87. The summed E-state index contributed by atoms with van der Waals surface area (Å²) in [6, 6.07) is 11.3. The second-order valence-electron chi connectivity index (χ2n) is 10.1. The Hall–Kier alpha value is -2.64. The third kappa shape index (κ3) is 4.84.